The Labute approximate surface area is 101 Å². The molecule has 0 radical (unpaired) electrons. The van der Waals surface area contributed by atoms with Gasteiger partial charge in [-0.2, -0.15) is 0 Å². The topological polar surface area (TPSA) is 49.7 Å². The van der Waals surface area contributed by atoms with Crippen molar-refractivity contribution in [3.8, 4) is 0 Å². The standard InChI is InChI=1S/C13H19FO3/c1-10(17-2)7-13(8-15,9-16)11-4-3-5-12(14)6-11/h3-6,10,15-16H,7-9H2,1-2H3. The molecule has 0 heterocycles. The van der Waals surface area contributed by atoms with Crippen molar-refractivity contribution in [1.29, 1.82) is 0 Å². The second kappa shape index (κ2) is 6.10. The van der Waals surface area contributed by atoms with Gasteiger partial charge in [0, 0.05) is 12.5 Å². The van der Waals surface area contributed by atoms with E-state index in [1.807, 2.05) is 6.92 Å². The van der Waals surface area contributed by atoms with Crippen LogP contribution in [0.4, 0.5) is 4.39 Å². The molecule has 1 aromatic rings. The van der Waals surface area contributed by atoms with Crippen LogP contribution in [0.1, 0.15) is 18.9 Å². The monoisotopic (exact) mass is 242 g/mol. The molecule has 1 unspecified atom stereocenters. The molecule has 4 heteroatoms. The van der Waals surface area contributed by atoms with Gasteiger partial charge in [-0.25, -0.2) is 4.39 Å². The predicted molar refractivity (Wildman–Crippen MR) is 63.3 cm³/mol. The lowest BCUT2D eigenvalue weighted by Gasteiger charge is -2.32. The summed E-state index contributed by atoms with van der Waals surface area (Å²) in [4.78, 5) is 0. The molecule has 17 heavy (non-hydrogen) atoms. The first-order valence-corrected chi connectivity index (χ1v) is 5.58. The molecule has 1 atom stereocenters. The molecule has 0 fully saturated rings. The van der Waals surface area contributed by atoms with Gasteiger partial charge in [-0.15, -0.1) is 0 Å². The van der Waals surface area contributed by atoms with Crippen molar-refractivity contribution in [2.75, 3.05) is 20.3 Å². The van der Waals surface area contributed by atoms with Crippen LogP contribution in [0.5, 0.6) is 0 Å². The van der Waals surface area contributed by atoms with E-state index in [1.54, 1.807) is 19.2 Å². The minimum Gasteiger partial charge on any atom is -0.395 e. The molecule has 1 aromatic carbocycles. The van der Waals surface area contributed by atoms with E-state index in [2.05, 4.69) is 0 Å². The third-order valence-electron chi connectivity index (χ3n) is 3.12. The van der Waals surface area contributed by atoms with Crippen molar-refractivity contribution < 1.29 is 19.3 Å². The fourth-order valence-corrected chi connectivity index (χ4v) is 1.93. The number of aliphatic hydroxyl groups is 2. The van der Waals surface area contributed by atoms with Crippen molar-refractivity contribution in [2.24, 2.45) is 0 Å². The summed E-state index contributed by atoms with van der Waals surface area (Å²) < 4.78 is 18.3. The highest BCUT2D eigenvalue weighted by Gasteiger charge is 2.33. The maximum Gasteiger partial charge on any atom is 0.123 e. The van der Waals surface area contributed by atoms with Crippen LogP contribution >= 0.6 is 0 Å². The molecule has 1 rings (SSSR count). The van der Waals surface area contributed by atoms with E-state index in [4.69, 9.17) is 4.74 Å². The lowest BCUT2D eigenvalue weighted by atomic mass is 9.77. The van der Waals surface area contributed by atoms with Gasteiger partial charge in [-0.1, -0.05) is 12.1 Å². The van der Waals surface area contributed by atoms with Crippen LogP contribution in [0.15, 0.2) is 24.3 Å². The number of benzene rings is 1. The van der Waals surface area contributed by atoms with E-state index in [0.29, 0.717) is 12.0 Å². The third-order valence-corrected chi connectivity index (χ3v) is 3.12. The normalized spacial score (nSPS) is 13.7. The SMILES string of the molecule is COC(C)CC(CO)(CO)c1cccc(F)c1. The predicted octanol–water partition coefficient (Wildman–Crippen LogP) is 1.47. The van der Waals surface area contributed by atoms with Crippen LogP contribution < -0.4 is 0 Å². The van der Waals surface area contributed by atoms with Crippen molar-refractivity contribution in [3.63, 3.8) is 0 Å². The number of hydrogen-bond donors (Lipinski definition) is 2. The van der Waals surface area contributed by atoms with Gasteiger partial charge in [0.05, 0.1) is 19.3 Å². The van der Waals surface area contributed by atoms with Crippen LogP contribution in [0, 0.1) is 5.82 Å². The largest absolute Gasteiger partial charge is 0.395 e. The molecule has 2 N–H and O–H groups in total. The quantitative estimate of drug-likeness (QED) is 0.794. The Hall–Kier alpha value is -0.970. The number of ether oxygens (including phenoxy) is 1. The van der Waals surface area contributed by atoms with Gasteiger partial charge in [-0.3, -0.25) is 0 Å². The van der Waals surface area contributed by atoms with Crippen LogP contribution in [-0.4, -0.2) is 36.6 Å². The number of aliphatic hydroxyl groups excluding tert-OH is 2. The molecule has 0 aliphatic carbocycles. The summed E-state index contributed by atoms with van der Waals surface area (Å²) in [6.45, 7) is 1.35. The summed E-state index contributed by atoms with van der Waals surface area (Å²) in [5.41, 5.74) is -0.274. The zero-order chi connectivity index (χ0) is 12.9. The third kappa shape index (κ3) is 3.25. The first kappa shape index (κ1) is 14.1. The average molecular weight is 242 g/mol. The van der Waals surface area contributed by atoms with E-state index in [9.17, 15) is 14.6 Å². The van der Waals surface area contributed by atoms with Crippen LogP contribution in [0.25, 0.3) is 0 Å². The number of methoxy groups -OCH3 is 1. The Morgan fingerprint density at radius 2 is 2.00 bits per heavy atom. The molecule has 0 spiro atoms. The van der Waals surface area contributed by atoms with Crippen molar-refractivity contribution in [2.45, 2.75) is 24.9 Å². The van der Waals surface area contributed by atoms with Gasteiger partial charge >= 0.3 is 0 Å². The molecular formula is C13H19FO3. The van der Waals surface area contributed by atoms with E-state index in [1.165, 1.54) is 12.1 Å². The molecule has 0 aromatic heterocycles. The van der Waals surface area contributed by atoms with Gasteiger partial charge in [-0.05, 0) is 31.0 Å². The zero-order valence-electron chi connectivity index (χ0n) is 10.2. The van der Waals surface area contributed by atoms with E-state index in [0.717, 1.165) is 0 Å². The maximum absolute atomic E-state index is 13.2. The van der Waals surface area contributed by atoms with E-state index < -0.39 is 5.41 Å². The molecule has 0 aliphatic rings. The Morgan fingerprint density at radius 3 is 2.47 bits per heavy atom. The molecule has 0 saturated heterocycles. The van der Waals surface area contributed by atoms with Crippen LogP contribution in [0.3, 0.4) is 0 Å². The molecule has 0 amide bonds. The number of halogens is 1. The molecule has 0 aliphatic heterocycles. The first-order chi connectivity index (χ1) is 8.07. The summed E-state index contributed by atoms with van der Waals surface area (Å²) in [6, 6.07) is 5.96. The average Bonchev–Trinajstić information content (AvgIpc) is 2.35. The summed E-state index contributed by atoms with van der Waals surface area (Å²) in [7, 11) is 1.57. The molecule has 3 nitrogen and oxygen atoms in total. The highest BCUT2D eigenvalue weighted by atomic mass is 19.1. The van der Waals surface area contributed by atoms with Crippen molar-refractivity contribution in [1.82, 2.24) is 0 Å². The van der Waals surface area contributed by atoms with E-state index in [-0.39, 0.29) is 25.1 Å². The molecule has 0 saturated carbocycles. The Bertz CT molecular complexity index is 350. The van der Waals surface area contributed by atoms with Gasteiger partial charge in [0.2, 0.25) is 0 Å². The molecule has 0 bridgehead atoms. The Kier molecular flexibility index (Phi) is 5.05. The first-order valence-electron chi connectivity index (χ1n) is 5.58. The summed E-state index contributed by atoms with van der Waals surface area (Å²) in [6.07, 6.45) is 0.303. The number of hydrogen-bond acceptors (Lipinski definition) is 3. The van der Waals surface area contributed by atoms with Crippen LogP contribution in [-0.2, 0) is 10.2 Å². The zero-order valence-corrected chi connectivity index (χ0v) is 10.2. The van der Waals surface area contributed by atoms with Gasteiger partial charge in [0.25, 0.3) is 0 Å². The van der Waals surface area contributed by atoms with Gasteiger partial charge in [0.1, 0.15) is 5.82 Å². The smallest absolute Gasteiger partial charge is 0.123 e. The van der Waals surface area contributed by atoms with Crippen molar-refractivity contribution in [3.05, 3.63) is 35.6 Å². The van der Waals surface area contributed by atoms with Gasteiger partial charge in [0.15, 0.2) is 0 Å². The Balaban J connectivity index is 3.06. The highest BCUT2D eigenvalue weighted by molar-refractivity contribution is 5.26. The maximum atomic E-state index is 13.2. The molecular weight excluding hydrogens is 223 g/mol. The second-order valence-electron chi connectivity index (χ2n) is 4.36. The van der Waals surface area contributed by atoms with Gasteiger partial charge < -0.3 is 14.9 Å². The lowest BCUT2D eigenvalue weighted by Crippen LogP contribution is -2.38. The second-order valence-corrected chi connectivity index (χ2v) is 4.36. The van der Waals surface area contributed by atoms with Crippen LogP contribution in [0.2, 0.25) is 0 Å². The fourth-order valence-electron chi connectivity index (χ4n) is 1.93. The summed E-state index contributed by atoms with van der Waals surface area (Å²) >= 11 is 0. The molecule has 96 valence electrons. The fraction of sp³-hybridized carbons (Fsp3) is 0.538. The summed E-state index contributed by atoms with van der Waals surface area (Å²) in [5, 5.41) is 19.1. The highest BCUT2D eigenvalue weighted by Crippen LogP contribution is 2.29. The minimum absolute atomic E-state index is 0.127. The Morgan fingerprint density at radius 1 is 1.35 bits per heavy atom. The summed E-state index contributed by atoms with van der Waals surface area (Å²) in [5.74, 6) is -0.376. The minimum atomic E-state index is -0.864. The number of rotatable bonds is 6. The van der Waals surface area contributed by atoms with Crippen molar-refractivity contribution >= 4 is 0 Å². The van der Waals surface area contributed by atoms with E-state index >= 15 is 0 Å². The lowest BCUT2D eigenvalue weighted by molar-refractivity contribution is 0.0404.